The van der Waals surface area contributed by atoms with Gasteiger partial charge in [0.05, 0.1) is 17.2 Å². The summed E-state index contributed by atoms with van der Waals surface area (Å²) < 4.78 is 52.1. The third kappa shape index (κ3) is 3.78. The van der Waals surface area contributed by atoms with Crippen LogP contribution in [0.25, 0.3) is 11.3 Å². The first-order valence-corrected chi connectivity index (χ1v) is 10.8. The maximum absolute atomic E-state index is 13.1. The minimum absolute atomic E-state index is 0.0561. The Labute approximate surface area is 175 Å². The van der Waals surface area contributed by atoms with Gasteiger partial charge in [-0.25, -0.2) is 4.98 Å². The van der Waals surface area contributed by atoms with Crippen LogP contribution in [0.15, 0.2) is 29.6 Å². The monoisotopic (exact) mass is 435 g/mol. The Morgan fingerprint density at radius 3 is 2.67 bits per heavy atom. The van der Waals surface area contributed by atoms with E-state index in [9.17, 15) is 13.2 Å². The first kappa shape index (κ1) is 19.4. The van der Waals surface area contributed by atoms with Gasteiger partial charge < -0.3 is 9.47 Å². The summed E-state index contributed by atoms with van der Waals surface area (Å²) in [5, 5.41) is 6.69. The van der Waals surface area contributed by atoms with Crippen molar-refractivity contribution in [2.24, 2.45) is 0 Å². The van der Waals surface area contributed by atoms with Crippen molar-refractivity contribution in [3.8, 4) is 22.8 Å². The average Bonchev–Trinajstić information content (AvgIpc) is 3.27. The van der Waals surface area contributed by atoms with Crippen LogP contribution in [0.1, 0.15) is 48.0 Å². The number of ether oxygens (including phenoxy) is 2. The predicted octanol–water partition coefficient (Wildman–Crippen LogP) is 5.48. The second-order valence-electron chi connectivity index (χ2n) is 7.74. The van der Waals surface area contributed by atoms with E-state index >= 15 is 0 Å². The lowest BCUT2D eigenvalue weighted by atomic mass is 10.1. The molecule has 1 aliphatic heterocycles. The van der Waals surface area contributed by atoms with Gasteiger partial charge >= 0.3 is 6.18 Å². The normalized spacial score (nSPS) is 17.2. The van der Waals surface area contributed by atoms with Gasteiger partial charge in [-0.1, -0.05) is 6.92 Å². The van der Waals surface area contributed by atoms with Gasteiger partial charge in [0.15, 0.2) is 17.2 Å². The summed E-state index contributed by atoms with van der Waals surface area (Å²) >= 11 is 1.50. The molecule has 9 heteroatoms. The molecule has 0 spiro atoms. The Kier molecular flexibility index (Phi) is 4.72. The molecule has 2 aromatic heterocycles. The molecule has 0 saturated heterocycles. The molecule has 0 amide bonds. The van der Waals surface area contributed by atoms with Gasteiger partial charge in [-0.3, -0.25) is 4.68 Å². The number of benzene rings is 1. The van der Waals surface area contributed by atoms with Crippen molar-refractivity contribution >= 4 is 11.3 Å². The molecular weight excluding hydrogens is 415 g/mol. The Balaban J connectivity index is 1.36. The summed E-state index contributed by atoms with van der Waals surface area (Å²) in [6.45, 7) is 3.40. The molecular formula is C21H20F3N3O2S. The number of aromatic nitrogens is 3. The van der Waals surface area contributed by atoms with E-state index in [1.54, 1.807) is 0 Å². The van der Waals surface area contributed by atoms with Gasteiger partial charge in [-0.15, -0.1) is 11.3 Å². The SMILES string of the molecule is C[C@@H](Cn1nc(C(F)(F)F)cc1C1CC1)c1nc(-c2ccc3c(c2)OCCO3)cs1. The minimum Gasteiger partial charge on any atom is -0.486 e. The second-order valence-corrected chi connectivity index (χ2v) is 8.63. The van der Waals surface area contributed by atoms with E-state index in [-0.39, 0.29) is 11.8 Å². The average molecular weight is 435 g/mol. The van der Waals surface area contributed by atoms with Gasteiger partial charge in [0.2, 0.25) is 0 Å². The molecule has 1 atom stereocenters. The fraction of sp³-hybridized carbons (Fsp3) is 0.429. The minimum atomic E-state index is -4.43. The van der Waals surface area contributed by atoms with Gasteiger partial charge in [0, 0.05) is 28.5 Å². The molecule has 0 unspecified atom stereocenters. The van der Waals surface area contributed by atoms with E-state index in [4.69, 9.17) is 14.5 Å². The van der Waals surface area contributed by atoms with Crippen LogP contribution >= 0.6 is 11.3 Å². The highest BCUT2D eigenvalue weighted by molar-refractivity contribution is 7.10. The van der Waals surface area contributed by atoms with E-state index in [0.717, 1.165) is 34.9 Å². The zero-order valence-corrected chi connectivity index (χ0v) is 17.1. The van der Waals surface area contributed by atoms with Crippen molar-refractivity contribution in [2.45, 2.75) is 44.3 Å². The van der Waals surface area contributed by atoms with Crippen LogP contribution < -0.4 is 9.47 Å². The lowest BCUT2D eigenvalue weighted by molar-refractivity contribution is -0.141. The van der Waals surface area contributed by atoms with Crippen molar-refractivity contribution in [1.29, 1.82) is 0 Å². The first-order chi connectivity index (χ1) is 14.4. The Hall–Kier alpha value is -2.55. The lowest BCUT2D eigenvalue weighted by Crippen LogP contribution is -2.15. The summed E-state index contributed by atoms with van der Waals surface area (Å²) in [6, 6.07) is 6.92. The van der Waals surface area contributed by atoms with E-state index in [2.05, 4.69) is 5.10 Å². The number of hydrogen-bond acceptors (Lipinski definition) is 5. The lowest BCUT2D eigenvalue weighted by Gasteiger charge is -2.18. The quantitative estimate of drug-likeness (QED) is 0.533. The van der Waals surface area contributed by atoms with Gasteiger partial charge in [0.25, 0.3) is 0 Å². The van der Waals surface area contributed by atoms with Crippen molar-refractivity contribution in [1.82, 2.24) is 14.8 Å². The fourth-order valence-electron chi connectivity index (χ4n) is 3.61. The zero-order chi connectivity index (χ0) is 20.9. The third-order valence-electron chi connectivity index (χ3n) is 5.33. The summed E-state index contributed by atoms with van der Waals surface area (Å²) in [4.78, 5) is 4.73. The fourth-order valence-corrected chi connectivity index (χ4v) is 4.49. The molecule has 3 aromatic rings. The van der Waals surface area contributed by atoms with E-state index in [1.165, 1.54) is 22.1 Å². The van der Waals surface area contributed by atoms with Crippen LogP contribution in [0, 0.1) is 0 Å². The summed E-state index contributed by atoms with van der Waals surface area (Å²) in [6.07, 6.45) is -2.59. The van der Waals surface area contributed by atoms with Gasteiger partial charge in [-0.05, 0) is 37.1 Å². The number of thiazole rings is 1. The highest BCUT2D eigenvalue weighted by Crippen LogP contribution is 2.43. The number of fused-ring (bicyclic) bond motifs is 1. The van der Waals surface area contributed by atoms with Crippen molar-refractivity contribution < 1.29 is 22.6 Å². The van der Waals surface area contributed by atoms with E-state index < -0.39 is 11.9 Å². The van der Waals surface area contributed by atoms with Crippen LogP contribution in [0.5, 0.6) is 11.5 Å². The second kappa shape index (κ2) is 7.30. The van der Waals surface area contributed by atoms with Crippen LogP contribution in [-0.4, -0.2) is 28.0 Å². The highest BCUT2D eigenvalue weighted by Gasteiger charge is 2.38. The molecule has 5 nitrogen and oxygen atoms in total. The van der Waals surface area contributed by atoms with Crippen molar-refractivity contribution in [3.05, 3.63) is 46.0 Å². The summed E-state index contributed by atoms with van der Waals surface area (Å²) in [5.74, 6) is 1.55. The van der Waals surface area contributed by atoms with Gasteiger partial charge in [0.1, 0.15) is 13.2 Å². The summed E-state index contributed by atoms with van der Waals surface area (Å²) in [7, 11) is 0. The maximum Gasteiger partial charge on any atom is 0.435 e. The molecule has 1 saturated carbocycles. The first-order valence-electron chi connectivity index (χ1n) is 9.89. The number of nitrogens with zero attached hydrogens (tertiary/aromatic N) is 3. The predicted molar refractivity (Wildman–Crippen MR) is 106 cm³/mol. The molecule has 1 fully saturated rings. The molecule has 0 N–H and O–H groups in total. The standard InChI is InChI=1S/C21H20F3N3O2S/c1-12(10-27-16(13-2-3-13)9-19(26-27)21(22,23)24)20-25-15(11-30-20)14-4-5-17-18(8-14)29-7-6-28-17/h4-5,8-9,11-13H,2-3,6-7,10H2,1H3/t12-/m0/s1. The van der Waals surface area contributed by atoms with E-state index in [0.29, 0.717) is 31.2 Å². The Morgan fingerprint density at radius 2 is 1.93 bits per heavy atom. The number of hydrogen-bond donors (Lipinski definition) is 0. The Morgan fingerprint density at radius 1 is 1.17 bits per heavy atom. The van der Waals surface area contributed by atoms with Gasteiger partial charge in [-0.2, -0.15) is 18.3 Å². The largest absolute Gasteiger partial charge is 0.486 e. The number of rotatable bonds is 5. The highest BCUT2D eigenvalue weighted by atomic mass is 32.1. The summed E-state index contributed by atoms with van der Waals surface area (Å²) in [5.41, 5.74) is 1.61. The molecule has 3 heterocycles. The molecule has 1 aromatic carbocycles. The molecule has 1 aliphatic carbocycles. The van der Waals surface area contributed by atoms with Crippen LogP contribution in [0.4, 0.5) is 13.2 Å². The van der Waals surface area contributed by atoms with Crippen molar-refractivity contribution in [2.75, 3.05) is 13.2 Å². The molecule has 158 valence electrons. The van der Waals surface area contributed by atoms with Crippen molar-refractivity contribution in [3.63, 3.8) is 0 Å². The molecule has 5 rings (SSSR count). The molecule has 2 aliphatic rings. The van der Waals surface area contributed by atoms with E-state index in [1.807, 2.05) is 30.5 Å². The number of alkyl halides is 3. The molecule has 0 bridgehead atoms. The van der Waals surface area contributed by atoms with Crippen LogP contribution in [0.3, 0.4) is 0 Å². The molecule has 0 radical (unpaired) electrons. The third-order valence-corrected chi connectivity index (χ3v) is 6.40. The topological polar surface area (TPSA) is 49.2 Å². The zero-order valence-electron chi connectivity index (χ0n) is 16.3. The smallest absolute Gasteiger partial charge is 0.435 e. The molecule has 30 heavy (non-hydrogen) atoms. The maximum atomic E-state index is 13.1. The van der Waals surface area contributed by atoms with Crippen LogP contribution in [-0.2, 0) is 12.7 Å². The Bertz CT molecular complexity index is 1070. The van der Waals surface area contributed by atoms with Crippen LogP contribution in [0.2, 0.25) is 0 Å². The number of halogens is 3.